The van der Waals surface area contributed by atoms with Crippen LogP contribution >= 0.6 is 0 Å². The van der Waals surface area contributed by atoms with Gasteiger partial charge in [0.15, 0.2) is 0 Å². The van der Waals surface area contributed by atoms with E-state index in [0.717, 1.165) is 29.6 Å². The van der Waals surface area contributed by atoms with Crippen molar-refractivity contribution < 1.29 is 5.11 Å². The summed E-state index contributed by atoms with van der Waals surface area (Å²) in [6.45, 7) is 8.38. The topological polar surface area (TPSA) is 32.3 Å². The second kappa shape index (κ2) is 14.1. The van der Waals surface area contributed by atoms with Crippen LogP contribution < -0.4 is 5.32 Å². The van der Waals surface area contributed by atoms with Crippen LogP contribution in [-0.2, 0) is 6.42 Å². The quantitative estimate of drug-likeness (QED) is 0.183. The molecule has 0 spiro atoms. The molecule has 0 saturated heterocycles. The zero-order chi connectivity index (χ0) is 25.3. The van der Waals surface area contributed by atoms with Crippen molar-refractivity contribution in [2.24, 2.45) is 17.8 Å². The van der Waals surface area contributed by atoms with Gasteiger partial charge in [-0.2, -0.15) is 0 Å². The van der Waals surface area contributed by atoms with Gasteiger partial charge in [0.1, 0.15) is 6.23 Å². The molecule has 36 heavy (non-hydrogen) atoms. The monoisotopic (exact) mass is 493 g/mol. The molecule has 1 atom stereocenters. The van der Waals surface area contributed by atoms with Crippen molar-refractivity contribution in [2.45, 2.75) is 147 Å². The predicted molar refractivity (Wildman–Crippen MR) is 154 cm³/mol. The van der Waals surface area contributed by atoms with Gasteiger partial charge < -0.3 is 5.11 Å². The summed E-state index contributed by atoms with van der Waals surface area (Å²) in [5.74, 6) is 4.40. The summed E-state index contributed by atoms with van der Waals surface area (Å²) in [5, 5.41) is 13.1. The van der Waals surface area contributed by atoms with E-state index in [1.54, 1.807) is 22.8 Å². The molecule has 2 nitrogen and oxygen atoms in total. The highest BCUT2D eigenvalue weighted by molar-refractivity contribution is 5.36. The first-order valence-corrected chi connectivity index (χ1v) is 15.8. The molecule has 0 bridgehead atoms. The lowest BCUT2D eigenvalue weighted by molar-refractivity contribution is 0.126. The van der Waals surface area contributed by atoms with Gasteiger partial charge >= 0.3 is 0 Å². The Morgan fingerprint density at radius 1 is 0.861 bits per heavy atom. The van der Waals surface area contributed by atoms with Crippen LogP contribution in [0.2, 0.25) is 0 Å². The Bertz CT molecular complexity index is 778. The average Bonchev–Trinajstić information content (AvgIpc) is 2.93. The first-order valence-electron chi connectivity index (χ1n) is 15.8. The molecule has 3 aliphatic rings. The van der Waals surface area contributed by atoms with Gasteiger partial charge in [0.2, 0.25) is 0 Å². The van der Waals surface area contributed by atoms with E-state index in [1.807, 2.05) is 0 Å². The number of benzene rings is 1. The third kappa shape index (κ3) is 7.47. The van der Waals surface area contributed by atoms with Gasteiger partial charge in [0, 0.05) is 6.04 Å². The Morgan fingerprint density at radius 2 is 1.50 bits per heavy atom. The van der Waals surface area contributed by atoms with Gasteiger partial charge in [-0.25, -0.2) is 0 Å². The molecule has 0 aliphatic heterocycles. The Balaban J connectivity index is 1.25. The highest BCUT2D eigenvalue weighted by Gasteiger charge is 2.32. The maximum atomic E-state index is 9.81. The van der Waals surface area contributed by atoms with E-state index in [9.17, 15) is 5.11 Å². The largest absolute Gasteiger partial charge is 0.375 e. The van der Waals surface area contributed by atoms with Crippen LogP contribution in [0.25, 0.3) is 0 Å². The van der Waals surface area contributed by atoms with Crippen molar-refractivity contribution in [2.75, 3.05) is 0 Å². The third-order valence-corrected chi connectivity index (χ3v) is 10.4. The second-order valence-electron chi connectivity index (χ2n) is 12.6. The van der Waals surface area contributed by atoms with E-state index in [-0.39, 0.29) is 0 Å². The lowest BCUT2D eigenvalue weighted by Gasteiger charge is -2.39. The molecule has 3 aliphatic carbocycles. The SMILES string of the molecule is C=CC(O)NC1CCC(C2CCC(c3ccc(C4CCC(CCCCC)CC4)cc3CC)CC2)CC1. The minimum Gasteiger partial charge on any atom is -0.375 e. The highest BCUT2D eigenvalue weighted by Crippen LogP contribution is 2.45. The third-order valence-electron chi connectivity index (χ3n) is 10.4. The zero-order valence-corrected chi connectivity index (χ0v) is 23.5. The summed E-state index contributed by atoms with van der Waals surface area (Å²) >= 11 is 0. The Hall–Kier alpha value is -1.12. The van der Waals surface area contributed by atoms with Gasteiger partial charge in [0.25, 0.3) is 0 Å². The molecule has 3 saturated carbocycles. The number of hydrogen-bond acceptors (Lipinski definition) is 2. The summed E-state index contributed by atoms with van der Waals surface area (Å²) in [6.07, 6.45) is 24.3. The summed E-state index contributed by atoms with van der Waals surface area (Å²) in [4.78, 5) is 0. The van der Waals surface area contributed by atoms with Crippen LogP contribution in [0.5, 0.6) is 0 Å². The number of aliphatic hydroxyl groups excluding tert-OH is 1. The van der Waals surface area contributed by atoms with Gasteiger partial charge in [-0.1, -0.05) is 64.3 Å². The molecule has 202 valence electrons. The lowest BCUT2D eigenvalue weighted by Crippen LogP contribution is -2.40. The summed E-state index contributed by atoms with van der Waals surface area (Å²) in [6, 6.07) is 8.16. The van der Waals surface area contributed by atoms with E-state index in [1.165, 1.54) is 109 Å². The maximum absolute atomic E-state index is 9.81. The first-order chi connectivity index (χ1) is 17.6. The van der Waals surface area contributed by atoms with Crippen molar-refractivity contribution >= 4 is 0 Å². The van der Waals surface area contributed by atoms with E-state index in [2.05, 4.69) is 43.9 Å². The summed E-state index contributed by atoms with van der Waals surface area (Å²) in [7, 11) is 0. The van der Waals surface area contributed by atoms with Crippen LogP contribution in [0.3, 0.4) is 0 Å². The molecule has 2 N–H and O–H groups in total. The van der Waals surface area contributed by atoms with Crippen LogP contribution in [0, 0.1) is 17.8 Å². The Morgan fingerprint density at radius 3 is 2.11 bits per heavy atom. The van der Waals surface area contributed by atoms with E-state index < -0.39 is 6.23 Å². The van der Waals surface area contributed by atoms with Crippen molar-refractivity contribution in [3.63, 3.8) is 0 Å². The fraction of sp³-hybridized carbons (Fsp3) is 0.765. The van der Waals surface area contributed by atoms with Crippen molar-refractivity contribution in [3.8, 4) is 0 Å². The summed E-state index contributed by atoms with van der Waals surface area (Å²) < 4.78 is 0. The van der Waals surface area contributed by atoms with E-state index in [0.29, 0.717) is 6.04 Å². The fourth-order valence-corrected chi connectivity index (χ4v) is 8.02. The molecule has 1 aromatic rings. The molecular formula is C34H55NO. The van der Waals surface area contributed by atoms with Crippen molar-refractivity contribution in [3.05, 3.63) is 47.5 Å². The molecule has 1 aromatic carbocycles. The number of aryl methyl sites for hydroxylation is 1. The van der Waals surface area contributed by atoms with Crippen LogP contribution in [0.1, 0.15) is 145 Å². The Kier molecular flexibility index (Phi) is 11.0. The number of unbranched alkanes of at least 4 members (excludes halogenated alkanes) is 2. The number of nitrogens with one attached hydrogen (secondary N) is 1. The van der Waals surface area contributed by atoms with Crippen LogP contribution in [-0.4, -0.2) is 17.4 Å². The van der Waals surface area contributed by atoms with Gasteiger partial charge in [-0.3, -0.25) is 5.32 Å². The lowest BCUT2D eigenvalue weighted by atomic mass is 9.68. The molecule has 0 aromatic heterocycles. The van der Waals surface area contributed by atoms with Gasteiger partial charge in [-0.15, -0.1) is 0 Å². The molecule has 4 rings (SSSR count). The smallest absolute Gasteiger partial charge is 0.124 e. The number of rotatable bonds is 11. The number of hydrogen-bond donors (Lipinski definition) is 2. The molecule has 3 fully saturated rings. The van der Waals surface area contributed by atoms with E-state index in [4.69, 9.17) is 0 Å². The molecule has 2 heteroatoms. The molecule has 0 heterocycles. The summed E-state index contributed by atoms with van der Waals surface area (Å²) in [5.41, 5.74) is 4.97. The minimum atomic E-state index is -0.549. The molecule has 0 radical (unpaired) electrons. The zero-order valence-electron chi connectivity index (χ0n) is 23.5. The normalized spacial score (nSPS) is 32.2. The van der Waals surface area contributed by atoms with Gasteiger partial charge in [-0.05, 0) is 136 Å². The van der Waals surface area contributed by atoms with Crippen LogP contribution in [0.4, 0.5) is 0 Å². The Labute approximate surface area is 222 Å². The van der Waals surface area contributed by atoms with E-state index >= 15 is 0 Å². The van der Waals surface area contributed by atoms with Gasteiger partial charge in [0.05, 0.1) is 0 Å². The molecule has 0 amide bonds. The first kappa shape index (κ1) is 27.9. The number of aliphatic hydroxyl groups is 1. The second-order valence-corrected chi connectivity index (χ2v) is 12.6. The average molecular weight is 494 g/mol. The predicted octanol–water partition coefficient (Wildman–Crippen LogP) is 9.03. The van der Waals surface area contributed by atoms with Crippen molar-refractivity contribution in [1.29, 1.82) is 0 Å². The standard InChI is InChI=1S/C34H55NO/c1-4-7-8-9-25-10-12-29(13-11-25)31-20-23-33(26(5-2)24-31)30-16-14-27(15-17-30)28-18-21-32(22-19-28)35-34(36)6-3/h6,20,23-25,27-30,32,34-36H,3-5,7-19,21-22H2,1-2H3. The maximum Gasteiger partial charge on any atom is 0.124 e. The fourth-order valence-electron chi connectivity index (χ4n) is 8.02. The highest BCUT2D eigenvalue weighted by atomic mass is 16.3. The molecular weight excluding hydrogens is 438 g/mol. The van der Waals surface area contributed by atoms with Crippen LogP contribution in [0.15, 0.2) is 30.9 Å². The molecule has 1 unspecified atom stereocenters. The minimum absolute atomic E-state index is 0.465. The van der Waals surface area contributed by atoms with Crippen molar-refractivity contribution in [1.82, 2.24) is 5.32 Å².